The number of H-pyrrole nitrogens is 1. The molecular formula is C22H29N7. The minimum Gasteiger partial charge on any atom is -0.341 e. The van der Waals surface area contributed by atoms with Crippen LogP contribution in [-0.4, -0.2) is 45.3 Å². The van der Waals surface area contributed by atoms with E-state index in [1.165, 1.54) is 25.7 Å². The fourth-order valence-corrected chi connectivity index (χ4v) is 4.58. The Morgan fingerprint density at radius 2 is 1.76 bits per heavy atom. The highest BCUT2D eigenvalue weighted by molar-refractivity contribution is 5.91. The molecule has 1 aromatic carbocycles. The van der Waals surface area contributed by atoms with Gasteiger partial charge < -0.3 is 15.5 Å². The van der Waals surface area contributed by atoms with Crippen molar-refractivity contribution in [3.63, 3.8) is 0 Å². The minimum atomic E-state index is 0.624. The van der Waals surface area contributed by atoms with E-state index in [1.807, 2.05) is 25.1 Å². The number of nitrogens with zero attached hydrogens (tertiary/aromatic N) is 4. The van der Waals surface area contributed by atoms with Gasteiger partial charge in [0.2, 0.25) is 5.95 Å². The van der Waals surface area contributed by atoms with E-state index in [0.29, 0.717) is 6.04 Å². The molecule has 29 heavy (non-hydrogen) atoms. The topological polar surface area (TPSA) is 81.8 Å². The van der Waals surface area contributed by atoms with Gasteiger partial charge in [0.05, 0.1) is 5.52 Å². The van der Waals surface area contributed by atoms with Crippen LogP contribution in [0.4, 0.5) is 17.6 Å². The lowest BCUT2D eigenvalue weighted by Gasteiger charge is -2.34. The monoisotopic (exact) mass is 391 g/mol. The average Bonchev–Trinajstić information content (AvgIpc) is 3.40. The van der Waals surface area contributed by atoms with Crippen molar-refractivity contribution in [1.29, 1.82) is 0 Å². The molecule has 7 heteroatoms. The number of hydrogen-bond acceptors (Lipinski definition) is 6. The second-order valence-electron chi connectivity index (χ2n) is 8.36. The fourth-order valence-electron chi connectivity index (χ4n) is 4.58. The van der Waals surface area contributed by atoms with Crippen molar-refractivity contribution in [2.45, 2.75) is 57.5 Å². The third-order valence-corrected chi connectivity index (χ3v) is 6.15. The van der Waals surface area contributed by atoms with Crippen molar-refractivity contribution < 1.29 is 0 Å². The smallest absolute Gasteiger partial charge is 0.227 e. The molecule has 0 bridgehead atoms. The number of fused-ring (bicyclic) bond motifs is 1. The molecule has 0 unspecified atom stereocenters. The molecule has 2 fully saturated rings. The van der Waals surface area contributed by atoms with Crippen molar-refractivity contribution in [1.82, 2.24) is 25.5 Å². The SMILES string of the molecule is Cc1cc(Nc2nc(N3CCC(NC4CCCC4)CC3)nc3ccccc23)n[nH]1. The van der Waals surface area contributed by atoms with Crippen molar-refractivity contribution in [2.24, 2.45) is 0 Å². The van der Waals surface area contributed by atoms with E-state index < -0.39 is 0 Å². The first-order valence-electron chi connectivity index (χ1n) is 10.8. The normalized spacial score (nSPS) is 18.6. The third-order valence-electron chi connectivity index (χ3n) is 6.15. The van der Waals surface area contributed by atoms with Gasteiger partial charge in [-0.3, -0.25) is 5.10 Å². The first-order valence-corrected chi connectivity index (χ1v) is 10.8. The Hall–Kier alpha value is -2.67. The van der Waals surface area contributed by atoms with Gasteiger partial charge in [-0.05, 0) is 44.7 Å². The number of piperidine rings is 1. The van der Waals surface area contributed by atoms with Crippen molar-refractivity contribution in [3.8, 4) is 0 Å². The Morgan fingerprint density at radius 1 is 1.00 bits per heavy atom. The Morgan fingerprint density at radius 3 is 2.52 bits per heavy atom. The molecule has 2 aromatic heterocycles. The summed E-state index contributed by atoms with van der Waals surface area (Å²) in [5.74, 6) is 2.39. The summed E-state index contributed by atoms with van der Waals surface area (Å²) in [6.07, 6.45) is 7.74. The van der Waals surface area contributed by atoms with Crippen LogP contribution in [0.25, 0.3) is 10.9 Å². The Labute approximate surface area is 171 Å². The molecule has 1 aliphatic carbocycles. The van der Waals surface area contributed by atoms with Gasteiger partial charge in [0, 0.05) is 42.3 Å². The van der Waals surface area contributed by atoms with Crippen molar-refractivity contribution in [2.75, 3.05) is 23.3 Å². The maximum atomic E-state index is 4.89. The first kappa shape index (κ1) is 18.4. The lowest BCUT2D eigenvalue weighted by molar-refractivity contribution is 0.366. The van der Waals surface area contributed by atoms with E-state index in [-0.39, 0.29) is 0 Å². The maximum absolute atomic E-state index is 4.89. The van der Waals surface area contributed by atoms with Gasteiger partial charge in [0.25, 0.3) is 0 Å². The van der Waals surface area contributed by atoms with E-state index in [0.717, 1.165) is 66.2 Å². The molecule has 1 aliphatic heterocycles. The van der Waals surface area contributed by atoms with E-state index in [1.54, 1.807) is 0 Å². The molecule has 3 N–H and O–H groups in total. The summed E-state index contributed by atoms with van der Waals surface area (Å²) in [4.78, 5) is 12.1. The van der Waals surface area contributed by atoms with Crippen molar-refractivity contribution >= 4 is 28.5 Å². The highest BCUT2D eigenvalue weighted by Crippen LogP contribution is 2.28. The van der Waals surface area contributed by atoms with E-state index in [9.17, 15) is 0 Å². The van der Waals surface area contributed by atoms with Gasteiger partial charge in [0.15, 0.2) is 5.82 Å². The molecule has 1 saturated carbocycles. The van der Waals surface area contributed by atoms with E-state index in [2.05, 4.69) is 37.9 Å². The lowest BCUT2D eigenvalue weighted by atomic mass is 10.0. The predicted molar refractivity (Wildman–Crippen MR) is 117 cm³/mol. The molecule has 3 heterocycles. The van der Waals surface area contributed by atoms with Gasteiger partial charge in [-0.2, -0.15) is 10.1 Å². The highest BCUT2D eigenvalue weighted by Gasteiger charge is 2.25. The summed E-state index contributed by atoms with van der Waals surface area (Å²) < 4.78 is 0. The molecule has 152 valence electrons. The molecule has 2 aliphatic rings. The Bertz CT molecular complexity index is 968. The van der Waals surface area contributed by atoms with E-state index >= 15 is 0 Å². The Balaban J connectivity index is 1.34. The molecule has 0 atom stereocenters. The van der Waals surface area contributed by atoms with Gasteiger partial charge in [-0.1, -0.05) is 25.0 Å². The summed E-state index contributed by atoms with van der Waals surface area (Å²) in [6.45, 7) is 3.97. The number of hydrogen-bond donors (Lipinski definition) is 3. The number of aromatic amines is 1. The number of benzene rings is 1. The highest BCUT2D eigenvalue weighted by atomic mass is 15.3. The Kier molecular flexibility index (Phi) is 5.06. The standard InChI is InChI=1S/C22H29N7/c1-15-14-20(28-27-15)25-21-18-8-4-5-9-19(18)24-22(26-21)29-12-10-17(11-13-29)23-16-6-2-3-7-16/h4-5,8-9,14,16-17,23H,2-3,6-7,10-13H2,1H3,(H2,24,25,26,27,28). The lowest BCUT2D eigenvalue weighted by Crippen LogP contribution is -2.46. The second kappa shape index (κ2) is 7.99. The van der Waals surface area contributed by atoms with E-state index in [4.69, 9.17) is 9.97 Å². The van der Waals surface area contributed by atoms with Crippen LogP contribution < -0.4 is 15.5 Å². The van der Waals surface area contributed by atoms with Crippen LogP contribution >= 0.6 is 0 Å². The molecule has 0 amide bonds. The second-order valence-corrected chi connectivity index (χ2v) is 8.36. The molecule has 1 saturated heterocycles. The summed E-state index contributed by atoms with van der Waals surface area (Å²) in [5, 5.41) is 15.5. The van der Waals surface area contributed by atoms with Crippen LogP contribution in [0.3, 0.4) is 0 Å². The van der Waals surface area contributed by atoms with Crippen LogP contribution in [0.5, 0.6) is 0 Å². The van der Waals surface area contributed by atoms with Gasteiger partial charge in [-0.25, -0.2) is 4.98 Å². The summed E-state index contributed by atoms with van der Waals surface area (Å²) >= 11 is 0. The summed E-state index contributed by atoms with van der Waals surface area (Å²) in [5.41, 5.74) is 1.97. The molecule has 0 spiro atoms. The number of aryl methyl sites for hydroxylation is 1. The quantitative estimate of drug-likeness (QED) is 0.612. The van der Waals surface area contributed by atoms with Gasteiger partial charge in [0.1, 0.15) is 5.82 Å². The van der Waals surface area contributed by atoms with Gasteiger partial charge in [-0.15, -0.1) is 0 Å². The van der Waals surface area contributed by atoms with Crippen LogP contribution in [-0.2, 0) is 0 Å². The van der Waals surface area contributed by atoms with Gasteiger partial charge >= 0.3 is 0 Å². The number of nitrogens with one attached hydrogen (secondary N) is 3. The minimum absolute atomic E-state index is 0.624. The van der Waals surface area contributed by atoms with Crippen LogP contribution in [0, 0.1) is 6.92 Å². The number of anilines is 3. The largest absolute Gasteiger partial charge is 0.341 e. The zero-order valence-corrected chi connectivity index (χ0v) is 17.0. The zero-order valence-electron chi connectivity index (χ0n) is 17.0. The van der Waals surface area contributed by atoms with Crippen LogP contribution in [0.2, 0.25) is 0 Å². The number of para-hydroxylation sites is 1. The predicted octanol–water partition coefficient (Wildman–Crippen LogP) is 3.91. The number of aromatic nitrogens is 4. The molecular weight excluding hydrogens is 362 g/mol. The average molecular weight is 392 g/mol. The van der Waals surface area contributed by atoms with Crippen molar-refractivity contribution in [3.05, 3.63) is 36.0 Å². The molecule has 3 aromatic rings. The third kappa shape index (κ3) is 4.05. The molecule has 0 radical (unpaired) electrons. The molecule has 5 rings (SSSR count). The first-order chi connectivity index (χ1) is 14.2. The number of rotatable bonds is 5. The van der Waals surface area contributed by atoms with Crippen LogP contribution in [0.1, 0.15) is 44.2 Å². The van der Waals surface area contributed by atoms with Crippen LogP contribution in [0.15, 0.2) is 30.3 Å². The summed E-state index contributed by atoms with van der Waals surface area (Å²) in [6, 6.07) is 11.5. The maximum Gasteiger partial charge on any atom is 0.227 e. The molecule has 7 nitrogen and oxygen atoms in total. The summed E-state index contributed by atoms with van der Waals surface area (Å²) in [7, 11) is 0. The fraction of sp³-hybridized carbons (Fsp3) is 0.500. The zero-order chi connectivity index (χ0) is 19.6.